The highest BCUT2D eigenvalue weighted by Crippen LogP contribution is 2.35. The van der Waals surface area contributed by atoms with Gasteiger partial charge in [-0.15, -0.1) is 0 Å². The van der Waals surface area contributed by atoms with E-state index in [-0.39, 0.29) is 42.6 Å². The fourth-order valence-electron chi connectivity index (χ4n) is 3.62. The van der Waals surface area contributed by atoms with E-state index in [2.05, 4.69) is 13.8 Å². The van der Waals surface area contributed by atoms with Crippen molar-refractivity contribution in [2.24, 2.45) is 11.8 Å². The van der Waals surface area contributed by atoms with Crippen molar-refractivity contribution < 1.29 is 14.6 Å². The Hall–Kier alpha value is -0.610. The molecule has 0 bridgehead atoms. The summed E-state index contributed by atoms with van der Waals surface area (Å²) in [4.78, 5) is 14.8. The van der Waals surface area contributed by atoms with Crippen molar-refractivity contribution >= 4 is 5.91 Å². The van der Waals surface area contributed by atoms with Crippen LogP contribution in [0.15, 0.2) is 0 Å². The van der Waals surface area contributed by atoms with Crippen molar-refractivity contribution in [2.45, 2.75) is 64.7 Å². The molecule has 0 aromatic rings. The minimum atomic E-state index is -0.0192. The van der Waals surface area contributed by atoms with Gasteiger partial charge in [-0.1, -0.05) is 6.92 Å². The fraction of sp³-hybridized carbons (Fsp3) is 0.933. The predicted octanol–water partition coefficient (Wildman–Crippen LogP) is 1.81. The molecule has 4 heteroatoms. The Kier molecular flexibility index (Phi) is 4.85. The van der Waals surface area contributed by atoms with Crippen LogP contribution in [0.2, 0.25) is 0 Å². The van der Waals surface area contributed by atoms with Gasteiger partial charge in [0.2, 0.25) is 5.91 Å². The van der Waals surface area contributed by atoms with E-state index in [1.165, 1.54) is 0 Å². The quantitative estimate of drug-likeness (QED) is 0.850. The normalized spacial score (nSPS) is 39.6. The topological polar surface area (TPSA) is 49.8 Å². The number of aliphatic hydroxyl groups is 1. The summed E-state index contributed by atoms with van der Waals surface area (Å²) in [6.45, 7) is 7.18. The average Bonchev–Trinajstić information content (AvgIpc) is 2.64. The maximum Gasteiger partial charge on any atom is 0.228 e. The highest BCUT2D eigenvalue weighted by atomic mass is 16.5. The Bertz CT molecular complexity index is 319. The van der Waals surface area contributed by atoms with E-state index in [0.717, 1.165) is 25.8 Å². The van der Waals surface area contributed by atoms with E-state index in [1.807, 2.05) is 11.8 Å². The number of amides is 1. The molecule has 1 amide bonds. The van der Waals surface area contributed by atoms with Gasteiger partial charge in [0.25, 0.3) is 0 Å². The lowest BCUT2D eigenvalue weighted by molar-refractivity contribution is -0.142. The number of carbonyl (C=O) groups excluding carboxylic acids is 1. The first-order valence-corrected chi connectivity index (χ1v) is 7.63. The molecule has 2 rings (SSSR count). The standard InChI is InChI=1S/C15H27NO3/c1-10-11(2)19-12(3)14(10)15(18)16-8-5-4-6-13(16)7-9-17/h10-14,17H,4-9H2,1-3H3. The Morgan fingerprint density at radius 3 is 2.58 bits per heavy atom. The second-order valence-corrected chi connectivity index (χ2v) is 6.12. The Balaban J connectivity index is 2.08. The van der Waals surface area contributed by atoms with Gasteiger partial charge in [0.05, 0.1) is 18.1 Å². The summed E-state index contributed by atoms with van der Waals surface area (Å²) in [6.07, 6.45) is 4.14. The molecule has 0 aromatic heterocycles. The molecule has 110 valence electrons. The average molecular weight is 269 g/mol. The van der Waals surface area contributed by atoms with E-state index in [1.54, 1.807) is 0 Å². The molecule has 19 heavy (non-hydrogen) atoms. The van der Waals surface area contributed by atoms with Crippen LogP contribution >= 0.6 is 0 Å². The van der Waals surface area contributed by atoms with Gasteiger partial charge in [-0.25, -0.2) is 0 Å². The molecule has 1 N–H and O–H groups in total. The van der Waals surface area contributed by atoms with Crippen LogP contribution in [-0.2, 0) is 9.53 Å². The largest absolute Gasteiger partial charge is 0.396 e. The molecule has 0 radical (unpaired) electrons. The molecule has 5 unspecified atom stereocenters. The maximum absolute atomic E-state index is 12.8. The molecule has 2 aliphatic rings. The molecule has 4 nitrogen and oxygen atoms in total. The number of piperidine rings is 1. The van der Waals surface area contributed by atoms with Gasteiger partial charge in [0.15, 0.2) is 0 Å². The molecular weight excluding hydrogens is 242 g/mol. The van der Waals surface area contributed by atoms with Gasteiger partial charge in [-0.3, -0.25) is 4.79 Å². The van der Waals surface area contributed by atoms with Gasteiger partial charge in [0, 0.05) is 19.2 Å². The number of hydrogen-bond donors (Lipinski definition) is 1. The first-order chi connectivity index (χ1) is 9.06. The summed E-state index contributed by atoms with van der Waals surface area (Å²) in [5, 5.41) is 9.17. The lowest BCUT2D eigenvalue weighted by atomic mass is 9.86. The molecule has 0 saturated carbocycles. The first kappa shape index (κ1) is 14.8. The molecule has 0 spiro atoms. The predicted molar refractivity (Wildman–Crippen MR) is 73.7 cm³/mol. The van der Waals surface area contributed by atoms with Crippen molar-refractivity contribution in [3.63, 3.8) is 0 Å². The number of carbonyl (C=O) groups is 1. The third-order valence-corrected chi connectivity index (χ3v) is 4.90. The molecule has 0 aliphatic carbocycles. The second-order valence-electron chi connectivity index (χ2n) is 6.12. The summed E-state index contributed by atoms with van der Waals surface area (Å²) >= 11 is 0. The van der Waals surface area contributed by atoms with Crippen molar-refractivity contribution in [3.05, 3.63) is 0 Å². The summed E-state index contributed by atoms with van der Waals surface area (Å²) < 4.78 is 5.80. The highest BCUT2D eigenvalue weighted by molar-refractivity contribution is 5.80. The van der Waals surface area contributed by atoms with Gasteiger partial charge in [-0.2, -0.15) is 0 Å². The minimum absolute atomic E-state index is 0.00852. The molecule has 2 fully saturated rings. The first-order valence-electron chi connectivity index (χ1n) is 7.63. The van der Waals surface area contributed by atoms with Gasteiger partial charge in [0.1, 0.15) is 0 Å². The highest BCUT2D eigenvalue weighted by Gasteiger charge is 2.44. The molecule has 2 saturated heterocycles. The van der Waals surface area contributed by atoms with Crippen LogP contribution in [0.5, 0.6) is 0 Å². The van der Waals surface area contributed by atoms with Crippen LogP contribution in [0.1, 0.15) is 46.5 Å². The maximum atomic E-state index is 12.8. The smallest absolute Gasteiger partial charge is 0.228 e. The number of nitrogens with zero attached hydrogens (tertiary/aromatic N) is 1. The van der Waals surface area contributed by atoms with Gasteiger partial charge < -0.3 is 14.7 Å². The van der Waals surface area contributed by atoms with Crippen molar-refractivity contribution in [1.82, 2.24) is 4.90 Å². The number of hydrogen-bond acceptors (Lipinski definition) is 3. The van der Waals surface area contributed by atoms with Gasteiger partial charge >= 0.3 is 0 Å². The van der Waals surface area contributed by atoms with Crippen LogP contribution in [0.4, 0.5) is 0 Å². The monoisotopic (exact) mass is 269 g/mol. The van der Waals surface area contributed by atoms with Crippen LogP contribution in [0.25, 0.3) is 0 Å². The number of likely N-dealkylation sites (tertiary alicyclic amines) is 1. The molecule has 5 atom stereocenters. The van der Waals surface area contributed by atoms with Crippen molar-refractivity contribution in [2.75, 3.05) is 13.2 Å². The fourth-order valence-corrected chi connectivity index (χ4v) is 3.62. The summed E-state index contributed by atoms with van der Waals surface area (Å²) in [5.74, 6) is 0.496. The molecule has 2 heterocycles. The zero-order chi connectivity index (χ0) is 14.0. The SMILES string of the molecule is CC1OC(C)C(C(=O)N2CCCCC2CCO)C1C. The van der Waals surface area contributed by atoms with Crippen molar-refractivity contribution in [3.8, 4) is 0 Å². The van der Waals surface area contributed by atoms with Crippen LogP contribution < -0.4 is 0 Å². The Morgan fingerprint density at radius 1 is 1.26 bits per heavy atom. The summed E-state index contributed by atoms with van der Waals surface area (Å²) in [6, 6.07) is 0.224. The Morgan fingerprint density at radius 2 is 2.00 bits per heavy atom. The van der Waals surface area contributed by atoms with E-state index in [9.17, 15) is 4.79 Å². The molecular formula is C15H27NO3. The minimum Gasteiger partial charge on any atom is -0.396 e. The van der Waals surface area contributed by atoms with Crippen LogP contribution in [0.3, 0.4) is 0 Å². The van der Waals surface area contributed by atoms with Crippen LogP contribution in [0, 0.1) is 11.8 Å². The zero-order valence-corrected chi connectivity index (χ0v) is 12.3. The van der Waals surface area contributed by atoms with E-state index in [0.29, 0.717) is 6.42 Å². The second kappa shape index (κ2) is 6.23. The van der Waals surface area contributed by atoms with E-state index in [4.69, 9.17) is 9.84 Å². The van der Waals surface area contributed by atoms with Crippen molar-refractivity contribution in [1.29, 1.82) is 0 Å². The van der Waals surface area contributed by atoms with Crippen LogP contribution in [-0.4, -0.2) is 47.3 Å². The molecule has 2 aliphatic heterocycles. The van der Waals surface area contributed by atoms with E-state index < -0.39 is 0 Å². The lowest BCUT2D eigenvalue weighted by Crippen LogP contribution is -2.49. The number of aliphatic hydroxyl groups excluding tert-OH is 1. The lowest BCUT2D eigenvalue weighted by Gasteiger charge is -2.38. The zero-order valence-electron chi connectivity index (χ0n) is 12.3. The number of ether oxygens (including phenoxy) is 1. The summed E-state index contributed by atoms with van der Waals surface area (Å²) in [5.41, 5.74) is 0. The number of rotatable bonds is 3. The third kappa shape index (κ3) is 2.95. The third-order valence-electron chi connectivity index (χ3n) is 4.90. The van der Waals surface area contributed by atoms with Gasteiger partial charge in [-0.05, 0) is 45.4 Å². The summed E-state index contributed by atoms with van der Waals surface area (Å²) in [7, 11) is 0. The molecule has 0 aromatic carbocycles. The Labute approximate surface area is 116 Å². The van der Waals surface area contributed by atoms with E-state index >= 15 is 0 Å².